The van der Waals surface area contributed by atoms with Gasteiger partial charge in [-0.25, -0.2) is 0 Å². The number of rotatable bonds is 6. The summed E-state index contributed by atoms with van der Waals surface area (Å²) < 4.78 is 0. The molecule has 0 aliphatic rings. The molecule has 0 aromatic heterocycles. The van der Waals surface area contributed by atoms with Gasteiger partial charge >= 0.3 is 0 Å². The summed E-state index contributed by atoms with van der Waals surface area (Å²) in [4.78, 5) is 2.24. The maximum absolute atomic E-state index is 9.64. The Bertz CT molecular complexity index is 742. The summed E-state index contributed by atoms with van der Waals surface area (Å²) in [6.45, 7) is 2.80. The summed E-state index contributed by atoms with van der Waals surface area (Å²) in [6, 6.07) is 29.8. The molecular formula is C23H25NO. The quantitative estimate of drug-likeness (QED) is 0.684. The van der Waals surface area contributed by atoms with Gasteiger partial charge in [-0.15, -0.1) is 0 Å². The van der Waals surface area contributed by atoms with Crippen LogP contribution in [-0.4, -0.2) is 30.2 Å². The summed E-state index contributed by atoms with van der Waals surface area (Å²) >= 11 is 0. The maximum atomic E-state index is 9.64. The van der Waals surface area contributed by atoms with Crippen LogP contribution in [0.1, 0.15) is 22.3 Å². The van der Waals surface area contributed by atoms with Gasteiger partial charge in [0.2, 0.25) is 0 Å². The topological polar surface area (TPSA) is 23.5 Å². The van der Waals surface area contributed by atoms with Crippen molar-refractivity contribution >= 4 is 0 Å². The highest BCUT2D eigenvalue weighted by atomic mass is 16.3. The minimum absolute atomic E-state index is 0.115. The SMILES string of the molecule is Cc1ccc(C(c2ccccc2)(c2ccccc2)N(C)CCO)cc1. The second kappa shape index (κ2) is 7.64. The van der Waals surface area contributed by atoms with Crippen molar-refractivity contribution in [3.05, 3.63) is 107 Å². The minimum Gasteiger partial charge on any atom is -0.395 e. The molecule has 0 saturated heterocycles. The molecule has 0 spiro atoms. The lowest BCUT2D eigenvalue weighted by Gasteiger charge is -2.43. The number of benzene rings is 3. The van der Waals surface area contributed by atoms with Gasteiger partial charge in [-0.3, -0.25) is 4.90 Å². The van der Waals surface area contributed by atoms with Crippen LogP contribution in [0.4, 0.5) is 0 Å². The fourth-order valence-electron chi connectivity index (χ4n) is 3.63. The Labute approximate surface area is 150 Å². The average Bonchev–Trinajstić information content (AvgIpc) is 2.66. The monoisotopic (exact) mass is 331 g/mol. The predicted octanol–water partition coefficient (Wildman–Crippen LogP) is 4.21. The van der Waals surface area contributed by atoms with E-state index in [0.717, 1.165) is 0 Å². The molecule has 3 rings (SSSR count). The van der Waals surface area contributed by atoms with Gasteiger partial charge in [-0.05, 0) is 30.7 Å². The van der Waals surface area contributed by atoms with E-state index >= 15 is 0 Å². The van der Waals surface area contributed by atoms with E-state index in [1.165, 1.54) is 22.3 Å². The highest BCUT2D eigenvalue weighted by molar-refractivity contribution is 5.50. The van der Waals surface area contributed by atoms with Gasteiger partial charge in [0, 0.05) is 6.54 Å². The van der Waals surface area contributed by atoms with Crippen LogP contribution in [0, 0.1) is 6.92 Å². The maximum Gasteiger partial charge on any atom is 0.0971 e. The van der Waals surface area contributed by atoms with Crippen LogP contribution in [0.5, 0.6) is 0 Å². The Kier molecular flexibility index (Phi) is 5.32. The Balaban J connectivity index is 2.33. The standard InChI is InChI=1S/C23H25NO/c1-19-13-15-22(16-14-19)23(24(2)17-18-25,20-9-5-3-6-10-20)21-11-7-4-8-12-21/h3-16,25H,17-18H2,1-2H3. The zero-order valence-electron chi connectivity index (χ0n) is 14.9. The summed E-state index contributed by atoms with van der Waals surface area (Å²) in [7, 11) is 2.08. The molecule has 0 radical (unpaired) electrons. The third-order valence-electron chi connectivity index (χ3n) is 4.86. The molecule has 25 heavy (non-hydrogen) atoms. The first-order chi connectivity index (χ1) is 12.2. The molecule has 0 aliphatic heterocycles. The smallest absolute Gasteiger partial charge is 0.0971 e. The minimum atomic E-state index is -0.445. The van der Waals surface area contributed by atoms with Crippen LogP contribution in [0.3, 0.4) is 0 Å². The Morgan fingerprint density at radius 3 is 1.60 bits per heavy atom. The van der Waals surface area contributed by atoms with E-state index in [9.17, 15) is 5.11 Å². The number of likely N-dealkylation sites (N-methyl/N-ethyl adjacent to an activating group) is 1. The van der Waals surface area contributed by atoms with Gasteiger partial charge in [0.05, 0.1) is 12.1 Å². The van der Waals surface area contributed by atoms with Crippen molar-refractivity contribution < 1.29 is 5.11 Å². The zero-order chi connectivity index (χ0) is 17.7. The second-order valence-electron chi connectivity index (χ2n) is 6.45. The second-order valence-corrected chi connectivity index (χ2v) is 6.45. The predicted molar refractivity (Wildman–Crippen MR) is 104 cm³/mol. The molecule has 1 N–H and O–H groups in total. The molecule has 0 bridgehead atoms. The summed E-state index contributed by atoms with van der Waals surface area (Å²) in [5, 5.41) is 9.64. The molecule has 2 nitrogen and oxygen atoms in total. The van der Waals surface area contributed by atoms with Gasteiger partial charge in [0.15, 0.2) is 0 Å². The van der Waals surface area contributed by atoms with Crippen molar-refractivity contribution in [1.82, 2.24) is 4.90 Å². The van der Waals surface area contributed by atoms with E-state index in [-0.39, 0.29) is 6.61 Å². The molecule has 3 aromatic carbocycles. The van der Waals surface area contributed by atoms with Crippen LogP contribution in [0.15, 0.2) is 84.9 Å². The van der Waals surface area contributed by atoms with Gasteiger partial charge in [-0.2, -0.15) is 0 Å². The molecular weight excluding hydrogens is 306 g/mol. The first-order valence-corrected chi connectivity index (χ1v) is 8.70. The van der Waals surface area contributed by atoms with E-state index in [0.29, 0.717) is 6.54 Å². The van der Waals surface area contributed by atoms with Gasteiger partial charge in [-0.1, -0.05) is 90.5 Å². The summed E-state index contributed by atoms with van der Waals surface area (Å²) in [5.74, 6) is 0. The van der Waals surface area contributed by atoms with E-state index < -0.39 is 5.54 Å². The zero-order valence-corrected chi connectivity index (χ0v) is 14.9. The molecule has 0 atom stereocenters. The Morgan fingerprint density at radius 2 is 1.16 bits per heavy atom. The van der Waals surface area contributed by atoms with E-state index in [2.05, 4.69) is 91.7 Å². The number of aryl methyl sites for hydroxylation is 1. The third-order valence-corrected chi connectivity index (χ3v) is 4.86. The number of nitrogens with zero attached hydrogens (tertiary/aromatic N) is 1. The molecule has 3 aromatic rings. The van der Waals surface area contributed by atoms with Crippen LogP contribution >= 0.6 is 0 Å². The average molecular weight is 331 g/mol. The first kappa shape index (κ1) is 17.4. The fourth-order valence-corrected chi connectivity index (χ4v) is 3.63. The molecule has 0 fully saturated rings. The largest absolute Gasteiger partial charge is 0.395 e. The number of hydrogen-bond donors (Lipinski definition) is 1. The van der Waals surface area contributed by atoms with Crippen molar-refractivity contribution in [2.24, 2.45) is 0 Å². The lowest BCUT2D eigenvalue weighted by molar-refractivity contribution is 0.152. The summed E-state index contributed by atoms with van der Waals surface area (Å²) in [5.41, 5.74) is 4.39. The van der Waals surface area contributed by atoms with Crippen LogP contribution in [0.25, 0.3) is 0 Å². The fraction of sp³-hybridized carbons (Fsp3) is 0.217. The van der Waals surface area contributed by atoms with E-state index in [4.69, 9.17) is 0 Å². The van der Waals surface area contributed by atoms with Crippen molar-refractivity contribution in [2.75, 3.05) is 20.2 Å². The molecule has 0 aliphatic carbocycles. The van der Waals surface area contributed by atoms with Crippen molar-refractivity contribution in [1.29, 1.82) is 0 Å². The molecule has 2 heteroatoms. The molecule has 0 amide bonds. The van der Waals surface area contributed by atoms with Crippen LogP contribution in [0.2, 0.25) is 0 Å². The van der Waals surface area contributed by atoms with Crippen molar-refractivity contribution in [3.63, 3.8) is 0 Å². The van der Waals surface area contributed by atoms with Crippen molar-refractivity contribution in [3.8, 4) is 0 Å². The molecule has 0 saturated carbocycles. The lowest BCUT2D eigenvalue weighted by Crippen LogP contribution is -2.47. The van der Waals surface area contributed by atoms with Gasteiger partial charge in [0.1, 0.15) is 0 Å². The number of aliphatic hydroxyl groups is 1. The molecule has 0 heterocycles. The number of aliphatic hydroxyl groups excluding tert-OH is 1. The van der Waals surface area contributed by atoms with E-state index in [1.54, 1.807) is 0 Å². The van der Waals surface area contributed by atoms with Crippen molar-refractivity contribution in [2.45, 2.75) is 12.5 Å². The third kappa shape index (κ3) is 3.23. The highest BCUT2D eigenvalue weighted by Crippen LogP contribution is 2.41. The Morgan fingerprint density at radius 1 is 0.720 bits per heavy atom. The summed E-state index contributed by atoms with van der Waals surface area (Å²) in [6.07, 6.45) is 0. The van der Waals surface area contributed by atoms with Gasteiger partial charge in [0.25, 0.3) is 0 Å². The Hall–Kier alpha value is -2.42. The van der Waals surface area contributed by atoms with Crippen LogP contribution in [-0.2, 0) is 5.54 Å². The molecule has 0 unspecified atom stereocenters. The van der Waals surface area contributed by atoms with Crippen LogP contribution < -0.4 is 0 Å². The lowest BCUT2D eigenvalue weighted by atomic mass is 9.75. The van der Waals surface area contributed by atoms with Gasteiger partial charge < -0.3 is 5.11 Å². The van der Waals surface area contributed by atoms with E-state index in [1.807, 2.05) is 12.1 Å². The molecule has 128 valence electrons. The first-order valence-electron chi connectivity index (χ1n) is 8.70. The number of hydrogen-bond acceptors (Lipinski definition) is 2. The normalized spacial score (nSPS) is 11.7. The highest BCUT2D eigenvalue weighted by Gasteiger charge is 2.39.